The van der Waals surface area contributed by atoms with Gasteiger partial charge in [0.25, 0.3) is 0 Å². The minimum Gasteiger partial charge on any atom is -0.444 e. The molecule has 17 heavy (non-hydrogen) atoms. The molecule has 3 heteroatoms. The Hall–Kier alpha value is -1.04. The Morgan fingerprint density at radius 3 is 2.18 bits per heavy atom. The summed E-state index contributed by atoms with van der Waals surface area (Å²) < 4.78 is 5.03. The maximum absolute atomic E-state index is 10.9. The molecule has 3 nitrogen and oxygen atoms in total. The number of unbranched alkanes of at least 4 members (excludes halogenated alkanes) is 6. The van der Waals surface area contributed by atoms with Gasteiger partial charge < -0.3 is 4.74 Å². The maximum atomic E-state index is 10.9. The first kappa shape index (κ1) is 16.0. The molecule has 0 radical (unpaired) electrons. The highest BCUT2D eigenvalue weighted by atomic mass is 16.6. The second-order valence-corrected chi connectivity index (χ2v) is 4.81. The lowest BCUT2D eigenvalue weighted by Gasteiger charge is -2.20. The molecule has 0 aliphatic carbocycles. The predicted molar refractivity (Wildman–Crippen MR) is 68.4 cm³/mol. The van der Waals surface area contributed by atoms with Crippen LogP contribution in [0.3, 0.4) is 0 Å². The lowest BCUT2D eigenvalue weighted by Crippen LogP contribution is -2.28. The maximum Gasteiger partial charge on any atom is 0.304 e. The topological polar surface area (TPSA) is 50.1 Å². The summed E-state index contributed by atoms with van der Waals surface area (Å²) in [6.07, 6.45) is 9.05. The summed E-state index contributed by atoms with van der Waals surface area (Å²) in [6, 6.07) is 2.08. The zero-order valence-electron chi connectivity index (χ0n) is 11.4. The van der Waals surface area contributed by atoms with Gasteiger partial charge in [0.2, 0.25) is 0 Å². The monoisotopic (exact) mass is 239 g/mol. The van der Waals surface area contributed by atoms with E-state index in [2.05, 4.69) is 13.0 Å². The summed E-state index contributed by atoms with van der Waals surface area (Å²) >= 11 is 0. The summed E-state index contributed by atoms with van der Waals surface area (Å²) in [5.74, 6) is -0.378. The first-order valence-electron chi connectivity index (χ1n) is 6.65. The van der Waals surface area contributed by atoms with Crippen molar-refractivity contribution in [2.75, 3.05) is 0 Å². The van der Waals surface area contributed by atoms with E-state index in [0.717, 1.165) is 12.8 Å². The van der Waals surface area contributed by atoms with E-state index in [4.69, 9.17) is 10.00 Å². The van der Waals surface area contributed by atoms with Crippen molar-refractivity contribution in [1.82, 2.24) is 0 Å². The van der Waals surface area contributed by atoms with Crippen LogP contribution in [0.15, 0.2) is 0 Å². The molecule has 0 fully saturated rings. The van der Waals surface area contributed by atoms with E-state index in [1.54, 1.807) is 6.92 Å². The average molecular weight is 239 g/mol. The van der Waals surface area contributed by atoms with Crippen LogP contribution in [0.2, 0.25) is 0 Å². The molecule has 0 aliphatic rings. The van der Waals surface area contributed by atoms with Gasteiger partial charge in [-0.25, -0.2) is 0 Å². The van der Waals surface area contributed by atoms with Gasteiger partial charge in [-0.1, -0.05) is 45.4 Å². The minimum atomic E-state index is -0.935. The van der Waals surface area contributed by atoms with E-state index in [9.17, 15) is 4.79 Å². The number of nitriles is 1. The van der Waals surface area contributed by atoms with E-state index >= 15 is 0 Å². The first-order chi connectivity index (χ1) is 8.04. The van der Waals surface area contributed by atoms with Gasteiger partial charge in [0.15, 0.2) is 5.60 Å². The third kappa shape index (κ3) is 8.74. The summed E-state index contributed by atoms with van der Waals surface area (Å²) in [6.45, 7) is 5.24. The normalized spacial score (nSPS) is 13.8. The third-order valence-electron chi connectivity index (χ3n) is 2.86. The number of hydrogen-bond acceptors (Lipinski definition) is 3. The Kier molecular flexibility index (Phi) is 8.49. The van der Waals surface area contributed by atoms with Gasteiger partial charge in [0.1, 0.15) is 6.07 Å². The second kappa shape index (κ2) is 9.04. The number of carbonyl (C=O) groups excluding carboxylic acids is 1. The van der Waals surface area contributed by atoms with Gasteiger partial charge in [-0.15, -0.1) is 0 Å². The van der Waals surface area contributed by atoms with Crippen molar-refractivity contribution in [3.63, 3.8) is 0 Å². The van der Waals surface area contributed by atoms with Crippen molar-refractivity contribution >= 4 is 5.97 Å². The number of nitrogens with zero attached hydrogens (tertiary/aromatic N) is 1. The number of carbonyl (C=O) groups is 1. The highest BCUT2D eigenvalue weighted by molar-refractivity contribution is 5.66. The molecular formula is C14H25NO2. The molecule has 0 aromatic rings. The Labute approximate surface area is 105 Å². The molecule has 0 N–H and O–H groups in total. The van der Waals surface area contributed by atoms with Crippen LogP contribution >= 0.6 is 0 Å². The highest BCUT2D eigenvalue weighted by Crippen LogP contribution is 2.19. The Morgan fingerprint density at radius 2 is 1.71 bits per heavy atom. The van der Waals surface area contributed by atoms with Crippen LogP contribution in [0, 0.1) is 11.3 Å². The molecule has 0 saturated carbocycles. The molecule has 0 unspecified atom stereocenters. The molecule has 0 heterocycles. The number of hydrogen-bond donors (Lipinski definition) is 0. The van der Waals surface area contributed by atoms with Crippen molar-refractivity contribution in [2.45, 2.75) is 77.7 Å². The van der Waals surface area contributed by atoms with Gasteiger partial charge in [0, 0.05) is 13.3 Å². The van der Waals surface area contributed by atoms with Crippen LogP contribution in [0.25, 0.3) is 0 Å². The summed E-state index contributed by atoms with van der Waals surface area (Å²) in [7, 11) is 0. The molecule has 98 valence electrons. The van der Waals surface area contributed by atoms with Crippen molar-refractivity contribution in [2.24, 2.45) is 0 Å². The Morgan fingerprint density at radius 1 is 1.18 bits per heavy atom. The third-order valence-corrected chi connectivity index (χ3v) is 2.86. The molecule has 0 aromatic carbocycles. The number of ether oxygens (including phenoxy) is 1. The van der Waals surface area contributed by atoms with Crippen LogP contribution in [0.5, 0.6) is 0 Å². The van der Waals surface area contributed by atoms with Crippen molar-refractivity contribution < 1.29 is 9.53 Å². The van der Waals surface area contributed by atoms with Crippen LogP contribution in [-0.2, 0) is 9.53 Å². The first-order valence-corrected chi connectivity index (χ1v) is 6.65. The molecule has 1 atom stereocenters. The molecule has 0 rings (SSSR count). The molecule has 0 aliphatic heterocycles. The molecule has 0 bridgehead atoms. The molecule has 0 saturated heterocycles. The molecular weight excluding hydrogens is 214 g/mol. The van der Waals surface area contributed by atoms with Crippen molar-refractivity contribution in [3.8, 4) is 6.07 Å². The number of rotatable bonds is 9. The Balaban J connectivity index is 3.64. The van der Waals surface area contributed by atoms with Gasteiger partial charge in [-0.2, -0.15) is 5.26 Å². The quantitative estimate of drug-likeness (QED) is 0.452. The van der Waals surface area contributed by atoms with Crippen LogP contribution in [0.1, 0.15) is 72.1 Å². The van der Waals surface area contributed by atoms with Gasteiger partial charge in [0.05, 0.1) is 0 Å². The standard InChI is InChI=1S/C14H25NO2/c1-4-5-6-7-8-9-10-11-14(3,12-15)17-13(2)16/h4-11H2,1-3H3/t14-/m0/s1. The summed E-state index contributed by atoms with van der Waals surface area (Å²) in [4.78, 5) is 10.9. The summed E-state index contributed by atoms with van der Waals surface area (Å²) in [5, 5.41) is 8.98. The molecule has 0 spiro atoms. The predicted octanol–water partition coefficient (Wildman–Crippen LogP) is 3.97. The van der Waals surface area contributed by atoms with E-state index < -0.39 is 5.60 Å². The number of esters is 1. The van der Waals surface area contributed by atoms with E-state index in [0.29, 0.717) is 6.42 Å². The molecule has 0 aromatic heterocycles. The van der Waals surface area contributed by atoms with E-state index in [-0.39, 0.29) is 5.97 Å². The molecule has 0 amide bonds. The van der Waals surface area contributed by atoms with Crippen molar-refractivity contribution in [1.29, 1.82) is 5.26 Å². The van der Waals surface area contributed by atoms with Gasteiger partial charge in [-0.3, -0.25) is 4.79 Å². The van der Waals surface area contributed by atoms with Gasteiger partial charge in [-0.05, 0) is 13.3 Å². The fraction of sp³-hybridized carbons (Fsp3) is 0.857. The minimum absolute atomic E-state index is 0.378. The Bertz CT molecular complexity index is 257. The van der Waals surface area contributed by atoms with E-state index in [1.807, 2.05) is 0 Å². The zero-order valence-corrected chi connectivity index (χ0v) is 11.4. The zero-order chi connectivity index (χ0) is 13.1. The lowest BCUT2D eigenvalue weighted by atomic mass is 9.98. The SMILES string of the molecule is CCCCCCCCC[C@@](C)(C#N)OC(C)=O. The highest BCUT2D eigenvalue weighted by Gasteiger charge is 2.26. The smallest absolute Gasteiger partial charge is 0.304 e. The fourth-order valence-corrected chi connectivity index (χ4v) is 1.87. The average Bonchev–Trinajstić information content (AvgIpc) is 2.27. The summed E-state index contributed by atoms with van der Waals surface area (Å²) in [5.41, 5.74) is -0.935. The van der Waals surface area contributed by atoms with Crippen LogP contribution in [-0.4, -0.2) is 11.6 Å². The largest absolute Gasteiger partial charge is 0.444 e. The van der Waals surface area contributed by atoms with Crippen LogP contribution < -0.4 is 0 Å². The second-order valence-electron chi connectivity index (χ2n) is 4.81. The van der Waals surface area contributed by atoms with E-state index in [1.165, 1.54) is 39.0 Å². The van der Waals surface area contributed by atoms with Crippen molar-refractivity contribution in [3.05, 3.63) is 0 Å². The van der Waals surface area contributed by atoms with Gasteiger partial charge >= 0.3 is 5.97 Å². The fourth-order valence-electron chi connectivity index (χ4n) is 1.87. The lowest BCUT2D eigenvalue weighted by molar-refractivity contribution is -0.150. The van der Waals surface area contributed by atoms with Crippen LogP contribution in [0.4, 0.5) is 0 Å².